The lowest BCUT2D eigenvalue weighted by molar-refractivity contribution is -0.384. The van der Waals surface area contributed by atoms with Gasteiger partial charge in [0, 0.05) is 16.6 Å². The second-order valence-electron chi connectivity index (χ2n) is 3.43. The molecule has 1 rings (SSSR count). The molecule has 0 aliphatic heterocycles. The van der Waals surface area contributed by atoms with Gasteiger partial charge in [0.25, 0.3) is 5.69 Å². The fourth-order valence-corrected chi connectivity index (χ4v) is 1.60. The number of nitrogens with one attached hydrogen (secondary N) is 1. The van der Waals surface area contributed by atoms with Crippen molar-refractivity contribution in [2.45, 2.75) is 19.4 Å². The van der Waals surface area contributed by atoms with Crippen molar-refractivity contribution in [3.63, 3.8) is 0 Å². The van der Waals surface area contributed by atoms with E-state index in [1.807, 2.05) is 0 Å². The third-order valence-corrected chi connectivity index (χ3v) is 2.85. The molecule has 0 saturated carbocycles. The van der Waals surface area contributed by atoms with Gasteiger partial charge in [-0.15, -0.1) is 0 Å². The Kier molecular flexibility index (Phi) is 4.59. The minimum atomic E-state index is -0.586. The van der Waals surface area contributed by atoms with Gasteiger partial charge in [-0.25, -0.2) is 0 Å². The summed E-state index contributed by atoms with van der Waals surface area (Å²) in [5.74, 6) is -0.318. The molecule has 0 aliphatic carbocycles. The van der Waals surface area contributed by atoms with Gasteiger partial charge in [0.1, 0.15) is 0 Å². The monoisotopic (exact) mass is 301 g/mol. The van der Waals surface area contributed by atoms with E-state index in [1.54, 1.807) is 6.92 Å². The van der Waals surface area contributed by atoms with E-state index >= 15 is 0 Å². The number of benzene rings is 1. The van der Waals surface area contributed by atoms with Crippen LogP contribution >= 0.6 is 15.9 Å². The van der Waals surface area contributed by atoms with Crippen molar-refractivity contribution < 1.29 is 9.72 Å². The highest BCUT2D eigenvalue weighted by atomic mass is 79.9. The molecular weight excluding hydrogens is 290 g/mol. The van der Waals surface area contributed by atoms with Crippen molar-refractivity contribution in [1.29, 1.82) is 0 Å². The Hall–Kier alpha value is -1.47. The number of nitro benzene ring substituents is 1. The van der Waals surface area contributed by atoms with Crippen molar-refractivity contribution in [2.24, 2.45) is 5.73 Å². The Morgan fingerprint density at radius 2 is 2.29 bits per heavy atom. The zero-order valence-electron chi connectivity index (χ0n) is 9.14. The van der Waals surface area contributed by atoms with Crippen LogP contribution < -0.4 is 11.1 Å². The molecule has 0 spiro atoms. The molecule has 1 unspecified atom stereocenters. The molecule has 0 radical (unpaired) electrons. The third-order valence-electron chi connectivity index (χ3n) is 2.20. The van der Waals surface area contributed by atoms with Crippen LogP contribution in [0.1, 0.15) is 13.3 Å². The highest BCUT2D eigenvalue weighted by Crippen LogP contribution is 2.27. The maximum absolute atomic E-state index is 11.5. The number of halogens is 1. The average Bonchev–Trinajstić information content (AvgIpc) is 2.30. The van der Waals surface area contributed by atoms with Gasteiger partial charge in [-0.05, 0) is 28.4 Å². The van der Waals surface area contributed by atoms with Crippen molar-refractivity contribution >= 4 is 33.2 Å². The first-order valence-corrected chi connectivity index (χ1v) is 5.75. The maximum Gasteiger partial charge on any atom is 0.270 e. The predicted octanol–water partition coefficient (Wildman–Crippen LogP) is 2.03. The summed E-state index contributed by atoms with van der Waals surface area (Å²) in [7, 11) is 0. The summed E-state index contributed by atoms with van der Waals surface area (Å²) in [4.78, 5) is 21.5. The van der Waals surface area contributed by atoms with Crippen LogP contribution in [-0.4, -0.2) is 16.9 Å². The minimum absolute atomic E-state index is 0.0466. The maximum atomic E-state index is 11.5. The molecule has 1 amide bonds. The molecule has 1 atom stereocenters. The minimum Gasteiger partial charge on any atom is -0.324 e. The number of hydrogen-bond acceptors (Lipinski definition) is 4. The number of non-ortho nitro benzene ring substituents is 1. The van der Waals surface area contributed by atoms with Crippen LogP contribution in [0.2, 0.25) is 0 Å². The summed E-state index contributed by atoms with van der Waals surface area (Å²) in [5, 5.41) is 13.1. The number of anilines is 1. The lowest BCUT2D eigenvalue weighted by Crippen LogP contribution is -2.34. The number of hydrogen-bond donors (Lipinski definition) is 2. The largest absolute Gasteiger partial charge is 0.324 e. The zero-order valence-corrected chi connectivity index (χ0v) is 10.7. The van der Waals surface area contributed by atoms with E-state index in [2.05, 4.69) is 21.2 Å². The molecule has 0 saturated heterocycles. The van der Waals surface area contributed by atoms with Crippen molar-refractivity contribution in [2.75, 3.05) is 5.32 Å². The normalized spacial score (nSPS) is 11.9. The lowest BCUT2D eigenvalue weighted by Gasteiger charge is -2.11. The van der Waals surface area contributed by atoms with E-state index in [4.69, 9.17) is 5.73 Å². The summed E-state index contributed by atoms with van der Waals surface area (Å²) in [5.41, 5.74) is 5.97. The van der Waals surface area contributed by atoms with Crippen LogP contribution in [0, 0.1) is 10.1 Å². The molecule has 0 aliphatic rings. The molecule has 6 nitrogen and oxygen atoms in total. The van der Waals surface area contributed by atoms with Crippen LogP contribution in [-0.2, 0) is 4.79 Å². The fraction of sp³-hybridized carbons (Fsp3) is 0.300. The van der Waals surface area contributed by atoms with Gasteiger partial charge in [0.2, 0.25) is 5.91 Å². The molecule has 0 aromatic heterocycles. The third kappa shape index (κ3) is 3.50. The average molecular weight is 302 g/mol. The fourth-order valence-electron chi connectivity index (χ4n) is 1.13. The highest BCUT2D eigenvalue weighted by molar-refractivity contribution is 9.10. The number of nitro groups is 1. The van der Waals surface area contributed by atoms with E-state index in [-0.39, 0.29) is 11.6 Å². The van der Waals surface area contributed by atoms with E-state index < -0.39 is 11.0 Å². The van der Waals surface area contributed by atoms with E-state index in [1.165, 1.54) is 18.2 Å². The van der Waals surface area contributed by atoms with Crippen molar-refractivity contribution in [1.82, 2.24) is 0 Å². The Balaban J connectivity index is 2.86. The zero-order chi connectivity index (χ0) is 13.0. The van der Waals surface area contributed by atoms with Crippen LogP contribution in [0.4, 0.5) is 11.4 Å². The van der Waals surface area contributed by atoms with E-state index in [0.29, 0.717) is 16.6 Å². The summed E-state index contributed by atoms with van der Waals surface area (Å²) in [6.07, 6.45) is 0.524. The van der Waals surface area contributed by atoms with Gasteiger partial charge in [0.15, 0.2) is 0 Å². The molecule has 0 bridgehead atoms. The number of rotatable bonds is 4. The van der Waals surface area contributed by atoms with E-state index in [0.717, 1.165) is 0 Å². The van der Waals surface area contributed by atoms with Gasteiger partial charge in [-0.2, -0.15) is 0 Å². The first kappa shape index (κ1) is 13.6. The predicted molar refractivity (Wildman–Crippen MR) is 67.7 cm³/mol. The Morgan fingerprint density at radius 3 is 2.76 bits per heavy atom. The molecule has 7 heteroatoms. The first-order chi connectivity index (χ1) is 7.95. The van der Waals surface area contributed by atoms with Crippen LogP contribution in [0.5, 0.6) is 0 Å². The quantitative estimate of drug-likeness (QED) is 0.656. The van der Waals surface area contributed by atoms with Gasteiger partial charge in [-0.1, -0.05) is 6.92 Å². The lowest BCUT2D eigenvalue weighted by atomic mass is 10.2. The molecule has 92 valence electrons. The number of nitrogens with two attached hydrogens (primary N) is 1. The Morgan fingerprint density at radius 1 is 1.65 bits per heavy atom. The number of carbonyl (C=O) groups excluding carboxylic acids is 1. The van der Waals surface area contributed by atoms with Gasteiger partial charge >= 0.3 is 0 Å². The summed E-state index contributed by atoms with van der Waals surface area (Å²) >= 11 is 3.15. The van der Waals surface area contributed by atoms with Crippen molar-refractivity contribution in [3.05, 3.63) is 32.8 Å². The van der Waals surface area contributed by atoms with Crippen LogP contribution in [0.3, 0.4) is 0 Å². The van der Waals surface area contributed by atoms with E-state index in [9.17, 15) is 14.9 Å². The molecule has 17 heavy (non-hydrogen) atoms. The molecule has 0 heterocycles. The van der Waals surface area contributed by atoms with Gasteiger partial charge < -0.3 is 11.1 Å². The molecule has 1 aromatic carbocycles. The topological polar surface area (TPSA) is 98.3 Å². The molecule has 3 N–H and O–H groups in total. The Labute approximate surface area is 106 Å². The SMILES string of the molecule is CCC(N)C(=O)Nc1ccc([N+](=O)[O-])cc1Br. The first-order valence-electron chi connectivity index (χ1n) is 4.96. The van der Waals surface area contributed by atoms with Crippen molar-refractivity contribution in [3.8, 4) is 0 Å². The standard InChI is InChI=1S/C10H12BrN3O3/c1-2-8(12)10(15)13-9-4-3-6(14(16)17)5-7(9)11/h3-5,8H,2,12H2,1H3,(H,13,15). The highest BCUT2D eigenvalue weighted by Gasteiger charge is 2.14. The van der Waals surface area contributed by atoms with Crippen LogP contribution in [0.15, 0.2) is 22.7 Å². The molecular formula is C10H12BrN3O3. The molecule has 0 fully saturated rings. The molecule has 1 aromatic rings. The number of amides is 1. The number of nitrogens with zero attached hydrogens (tertiary/aromatic N) is 1. The number of carbonyl (C=O) groups is 1. The second-order valence-corrected chi connectivity index (χ2v) is 4.28. The Bertz CT molecular complexity index is 450. The van der Waals surface area contributed by atoms with Gasteiger partial charge in [0.05, 0.1) is 16.7 Å². The second kappa shape index (κ2) is 5.74. The smallest absolute Gasteiger partial charge is 0.270 e. The summed E-state index contributed by atoms with van der Waals surface area (Å²) in [6.45, 7) is 1.80. The summed E-state index contributed by atoms with van der Waals surface area (Å²) in [6, 6.07) is 3.52. The van der Waals surface area contributed by atoms with Crippen LogP contribution in [0.25, 0.3) is 0 Å². The van der Waals surface area contributed by atoms with Gasteiger partial charge in [-0.3, -0.25) is 14.9 Å². The summed E-state index contributed by atoms with van der Waals surface area (Å²) < 4.78 is 0.448.